The highest BCUT2D eigenvalue weighted by atomic mass is 16.2. The summed E-state index contributed by atoms with van der Waals surface area (Å²) < 4.78 is 0. The summed E-state index contributed by atoms with van der Waals surface area (Å²) in [5, 5.41) is 8.72. The van der Waals surface area contributed by atoms with Crippen LogP contribution in [0.3, 0.4) is 0 Å². The fourth-order valence-electron chi connectivity index (χ4n) is 7.99. The molecule has 2 aliphatic carbocycles. The summed E-state index contributed by atoms with van der Waals surface area (Å²) in [6, 6.07) is 23.2. The van der Waals surface area contributed by atoms with Crippen molar-refractivity contribution in [2.45, 2.75) is 24.7 Å². The quantitative estimate of drug-likeness (QED) is 0.219. The van der Waals surface area contributed by atoms with Gasteiger partial charge in [0.25, 0.3) is 11.8 Å². The molecule has 190 valence electrons. The number of amides is 4. The first kappa shape index (κ1) is 21.8. The van der Waals surface area contributed by atoms with Gasteiger partial charge in [0.15, 0.2) is 0 Å². The maximum absolute atomic E-state index is 13.7. The highest BCUT2D eigenvalue weighted by molar-refractivity contribution is 6.32. The van der Waals surface area contributed by atoms with Crippen molar-refractivity contribution >= 4 is 45.2 Å². The van der Waals surface area contributed by atoms with Crippen LogP contribution in [-0.4, -0.2) is 23.6 Å². The molecule has 4 amide bonds. The molecule has 0 spiro atoms. The molecule has 2 atom stereocenters. The minimum Gasteiger partial charge on any atom is -0.291 e. The van der Waals surface area contributed by atoms with E-state index in [0.29, 0.717) is 22.3 Å². The van der Waals surface area contributed by atoms with Crippen molar-refractivity contribution in [2.24, 2.45) is 0 Å². The number of rotatable bonds is 0. The van der Waals surface area contributed by atoms with E-state index >= 15 is 0 Å². The number of hydrogen-bond acceptors (Lipinski definition) is 4. The number of carbonyl (C=O) groups excluding carboxylic acids is 4. The lowest BCUT2D eigenvalue weighted by molar-refractivity contribution is -0.125. The molecule has 0 bridgehead atoms. The minimum atomic E-state index is -1.07. The summed E-state index contributed by atoms with van der Waals surface area (Å²) in [5.74, 6) is -1.49. The number of fused-ring (bicyclic) bond motifs is 8. The van der Waals surface area contributed by atoms with E-state index in [2.05, 4.69) is 10.6 Å². The van der Waals surface area contributed by atoms with E-state index in [4.69, 9.17) is 0 Å². The third-order valence-electron chi connectivity index (χ3n) is 9.77. The molecule has 0 saturated carbocycles. The third kappa shape index (κ3) is 2.08. The molecule has 2 aliphatic heterocycles. The first-order valence-corrected chi connectivity index (χ1v) is 13.3. The van der Waals surface area contributed by atoms with Gasteiger partial charge in [-0.3, -0.25) is 29.8 Å². The Hall–Kier alpha value is -5.10. The Labute approximate surface area is 228 Å². The topological polar surface area (TPSA) is 92.3 Å². The van der Waals surface area contributed by atoms with Crippen LogP contribution in [0.4, 0.5) is 0 Å². The molecule has 2 heterocycles. The predicted molar refractivity (Wildman–Crippen MR) is 150 cm³/mol. The van der Waals surface area contributed by atoms with E-state index in [1.54, 1.807) is 12.1 Å². The fraction of sp³-hybridized carbons (Fsp3) is 0.118. The largest absolute Gasteiger partial charge is 0.291 e. The Bertz CT molecular complexity index is 2020. The zero-order valence-corrected chi connectivity index (χ0v) is 21.6. The first-order chi connectivity index (χ1) is 19.3. The van der Waals surface area contributed by atoms with E-state index in [1.165, 1.54) is 0 Å². The zero-order valence-electron chi connectivity index (χ0n) is 21.6. The van der Waals surface area contributed by atoms with E-state index in [1.807, 2.05) is 74.5 Å². The predicted octanol–water partition coefficient (Wildman–Crippen LogP) is 5.11. The van der Waals surface area contributed by atoms with E-state index in [9.17, 15) is 19.2 Å². The number of benzene rings is 5. The van der Waals surface area contributed by atoms with Crippen molar-refractivity contribution in [3.05, 3.63) is 106 Å². The monoisotopic (exact) mass is 520 g/mol. The molecule has 5 aromatic rings. The van der Waals surface area contributed by atoms with E-state index in [0.717, 1.165) is 54.9 Å². The lowest BCUT2D eigenvalue weighted by Gasteiger charge is -2.44. The minimum absolute atomic E-state index is 0.343. The van der Waals surface area contributed by atoms with Gasteiger partial charge in [-0.2, -0.15) is 0 Å². The Morgan fingerprint density at radius 2 is 0.900 bits per heavy atom. The molecule has 40 heavy (non-hydrogen) atoms. The molecule has 0 fully saturated rings. The molecule has 6 heteroatoms. The van der Waals surface area contributed by atoms with Gasteiger partial charge >= 0.3 is 0 Å². The second kappa shape index (κ2) is 6.54. The van der Waals surface area contributed by atoms with Crippen LogP contribution in [0.5, 0.6) is 0 Å². The van der Waals surface area contributed by atoms with Crippen LogP contribution in [0.1, 0.15) is 56.8 Å². The maximum atomic E-state index is 13.7. The van der Waals surface area contributed by atoms with Gasteiger partial charge in [0.1, 0.15) is 0 Å². The Kier molecular flexibility index (Phi) is 3.56. The maximum Gasteiger partial charge on any atom is 0.258 e. The summed E-state index contributed by atoms with van der Waals surface area (Å²) in [4.78, 5) is 53.7. The van der Waals surface area contributed by atoms with Gasteiger partial charge in [0.05, 0.1) is 10.8 Å². The molecule has 2 N–H and O–H groups in total. The van der Waals surface area contributed by atoms with Gasteiger partial charge in [-0.25, -0.2) is 0 Å². The Morgan fingerprint density at radius 3 is 1.32 bits per heavy atom. The SMILES string of the molecule is C[C@@]12C(=O)NC(=O)c3ccc4c5c6c7c(ccc6c(c4c31)-c1ccccc12)C(=O)NC(=O)[C@]7(C)c1ccccc1-5. The van der Waals surface area contributed by atoms with Gasteiger partial charge in [-0.15, -0.1) is 0 Å². The summed E-state index contributed by atoms with van der Waals surface area (Å²) in [5.41, 5.74) is 5.55. The lowest BCUT2D eigenvalue weighted by atomic mass is 9.59. The lowest BCUT2D eigenvalue weighted by Crippen LogP contribution is -2.52. The van der Waals surface area contributed by atoms with Gasteiger partial charge in [0.2, 0.25) is 11.8 Å². The number of nitrogens with one attached hydrogen (secondary N) is 2. The molecule has 4 aliphatic rings. The molecule has 0 saturated heterocycles. The van der Waals surface area contributed by atoms with Gasteiger partial charge in [-0.05, 0) is 92.0 Å². The van der Waals surface area contributed by atoms with Gasteiger partial charge in [0, 0.05) is 11.1 Å². The number of hydrogen-bond donors (Lipinski definition) is 2. The standard InChI is InChI=1S/C34H20N2O4/c1-33-21-9-5-3-7-15(21)23-18-12-14-20-28-26(18)24(17-11-13-19(27(33)25(17)23)29(37)35-31(33)39)16-8-4-6-10-22(16)34(28,2)32(40)36-30(20)38/h3-14H,1-2H3,(H,35,37,39)(H,36,38,40)/t33-,34+. The molecular weight excluding hydrogens is 500 g/mol. The number of carbonyl (C=O) groups is 4. The van der Waals surface area contributed by atoms with Crippen molar-refractivity contribution in [1.82, 2.24) is 10.6 Å². The molecule has 0 radical (unpaired) electrons. The zero-order chi connectivity index (χ0) is 27.3. The van der Waals surface area contributed by atoms with Crippen LogP contribution >= 0.6 is 0 Å². The van der Waals surface area contributed by atoms with Gasteiger partial charge in [-0.1, -0.05) is 60.7 Å². The molecular formula is C34H20N2O4. The highest BCUT2D eigenvalue weighted by Gasteiger charge is 2.53. The molecule has 6 nitrogen and oxygen atoms in total. The van der Waals surface area contributed by atoms with Crippen molar-refractivity contribution in [3.63, 3.8) is 0 Å². The summed E-state index contributed by atoms with van der Waals surface area (Å²) >= 11 is 0. The highest BCUT2D eigenvalue weighted by Crippen LogP contribution is 2.60. The second-order valence-electron chi connectivity index (χ2n) is 11.5. The van der Waals surface area contributed by atoms with Crippen LogP contribution in [0.2, 0.25) is 0 Å². The van der Waals surface area contributed by atoms with Gasteiger partial charge < -0.3 is 0 Å². The van der Waals surface area contributed by atoms with Crippen LogP contribution in [-0.2, 0) is 20.4 Å². The van der Waals surface area contributed by atoms with Crippen LogP contribution in [0.25, 0.3) is 43.8 Å². The normalized spacial score (nSPS) is 23.1. The molecule has 0 unspecified atom stereocenters. The van der Waals surface area contributed by atoms with Crippen molar-refractivity contribution in [1.29, 1.82) is 0 Å². The second-order valence-corrected chi connectivity index (χ2v) is 11.5. The molecule has 5 aromatic carbocycles. The fourth-order valence-corrected chi connectivity index (χ4v) is 7.99. The number of imide groups is 2. The first-order valence-electron chi connectivity index (χ1n) is 13.3. The van der Waals surface area contributed by atoms with E-state index < -0.39 is 22.6 Å². The Balaban J connectivity index is 1.64. The summed E-state index contributed by atoms with van der Waals surface area (Å²) in [6.07, 6.45) is 0. The average Bonchev–Trinajstić information content (AvgIpc) is 2.96. The average molecular weight is 521 g/mol. The van der Waals surface area contributed by atoms with Crippen molar-refractivity contribution < 1.29 is 19.2 Å². The van der Waals surface area contributed by atoms with Crippen LogP contribution in [0, 0.1) is 0 Å². The summed E-state index contributed by atoms with van der Waals surface area (Å²) in [7, 11) is 0. The third-order valence-corrected chi connectivity index (χ3v) is 9.77. The van der Waals surface area contributed by atoms with Crippen LogP contribution < -0.4 is 10.6 Å². The van der Waals surface area contributed by atoms with Crippen LogP contribution in [0.15, 0.2) is 72.8 Å². The molecule has 0 aromatic heterocycles. The van der Waals surface area contributed by atoms with Crippen molar-refractivity contribution in [2.75, 3.05) is 0 Å². The smallest absolute Gasteiger partial charge is 0.258 e. The Morgan fingerprint density at radius 1 is 0.500 bits per heavy atom. The van der Waals surface area contributed by atoms with E-state index in [-0.39, 0.29) is 11.8 Å². The van der Waals surface area contributed by atoms with Crippen molar-refractivity contribution in [3.8, 4) is 22.3 Å². The molecule has 9 rings (SSSR count). The summed E-state index contributed by atoms with van der Waals surface area (Å²) in [6.45, 7) is 3.79.